The number of benzene rings is 2. The lowest BCUT2D eigenvalue weighted by Crippen LogP contribution is -2.29. The van der Waals surface area contributed by atoms with E-state index in [0.29, 0.717) is 0 Å². The minimum absolute atomic E-state index is 0.150. The van der Waals surface area contributed by atoms with Gasteiger partial charge in [-0.15, -0.1) is 0 Å². The quantitative estimate of drug-likeness (QED) is 0.499. The molecule has 2 rings (SSSR count). The Bertz CT molecular complexity index is 732. The predicted octanol–water partition coefficient (Wildman–Crippen LogP) is 2.08. The van der Waals surface area contributed by atoms with Crippen molar-refractivity contribution < 1.29 is 19.4 Å². The number of carbonyl (C=O) groups is 2. The molecule has 0 aliphatic heterocycles. The molecule has 0 saturated carbocycles. The summed E-state index contributed by atoms with van der Waals surface area (Å²) in [7, 11) is 0. The van der Waals surface area contributed by atoms with E-state index in [0.717, 1.165) is 0 Å². The summed E-state index contributed by atoms with van der Waals surface area (Å²) in [6, 6.07) is 9.89. The topological polar surface area (TPSA) is 144 Å². The second-order valence-electron chi connectivity index (χ2n) is 4.52. The fourth-order valence-corrected chi connectivity index (χ4v) is 1.71. The average Bonchev–Trinajstić information content (AvgIpc) is 2.55. The van der Waals surface area contributed by atoms with Crippen molar-refractivity contribution in [3.8, 4) is 0 Å². The summed E-state index contributed by atoms with van der Waals surface area (Å²) in [5, 5.41) is 25.6. The third-order valence-corrected chi connectivity index (χ3v) is 2.88. The third-order valence-electron chi connectivity index (χ3n) is 2.88. The van der Waals surface area contributed by atoms with Gasteiger partial charge in [0.15, 0.2) is 0 Å². The summed E-state index contributed by atoms with van der Waals surface area (Å²) in [6.45, 7) is 0. The molecule has 0 bridgehead atoms. The van der Waals surface area contributed by atoms with E-state index in [1.54, 1.807) is 0 Å². The highest BCUT2D eigenvalue weighted by Crippen LogP contribution is 2.17. The number of non-ortho nitro benzene ring substituents is 2. The summed E-state index contributed by atoms with van der Waals surface area (Å²) >= 11 is 0. The molecule has 0 aliphatic rings. The molecule has 0 unspecified atom stereocenters. The molecular weight excluding hydrogens is 320 g/mol. The number of nitrogens with one attached hydrogen (secondary N) is 2. The monoisotopic (exact) mass is 330 g/mol. The van der Waals surface area contributed by atoms with Crippen LogP contribution in [0.5, 0.6) is 0 Å². The summed E-state index contributed by atoms with van der Waals surface area (Å²) in [6.07, 6.45) is 0. The highest BCUT2D eigenvalue weighted by molar-refractivity contribution is 6.43. The van der Waals surface area contributed by atoms with Crippen molar-refractivity contribution in [1.29, 1.82) is 0 Å². The van der Waals surface area contributed by atoms with Gasteiger partial charge in [-0.05, 0) is 24.3 Å². The van der Waals surface area contributed by atoms with Crippen LogP contribution >= 0.6 is 0 Å². The molecule has 0 spiro atoms. The lowest BCUT2D eigenvalue weighted by atomic mass is 10.2. The van der Waals surface area contributed by atoms with Crippen LogP contribution in [0.3, 0.4) is 0 Å². The van der Waals surface area contributed by atoms with Gasteiger partial charge in [0, 0.05) is 35.6 Å². The van der Waals surface area contributed by atoms with E-state index in [2.05, 4.69) is 10.6 Å². The van der Waals surface area contributed by atoms with Gasteiger partial charge in [0.1, 0.15) is 0 Å². The largest absolute Gasteiger partial charge is 0.318 e. The minimum atomic E-state index is -0.984. The summed E-state index contributed by atoms with van der Waals surface area (Å²) < 4.78 is 0. The molecule has 0 fully saturated rings. The number of nitrogens with zero attached hydrogens (tertiary/aromatic N) is 2. The van der Waals surface area contributed by atoms with Crippen LogP contribution in [-0.4, -0.2) is 21.7 Å². The molecule has 0 saturated heterocycles. The van der Waals surface area contributed by atoms with Gasteiger partial charge in [-0.3, -0.25) is 29.8 Å². The van der Waals surface area contributed by atoms with Crippen molar-refractivity contribution >= 4 is 34.6 Å². The molecule has 10 heteroatoms. The zero-order chi connectivity index (χ0) is 17.7. The molecule has 2 aromatic carbocycles. The van der Waals surface area contributed by atoms with Gasteiger partial charge in [0.25, 0.3) is 11.4 Å². The smallest absolute Gasteiger partial charge is 0.314 e. The fourth-order valence-electron chi connectivity index (χ4n) is 1.71. The Morgan fingerprint density at radius 2 is 0.958 bits per heavy atom. The van der Waals surface area contributed by atoms with Crippen LogP contribution < -0.4 is 10.6 Å². The maximum absolute atomic E-state index is 11.7. The Morgan fingerprint density at radius 3 is 1.21 bits per heavy atom. The molecular formula is C14H10N4O6. The van der Waals surface area contributed by atoms with Crippen LogP contribution in [0.1, 0.15) is 0 Å². The Balaban J connectivity index is 1.97. The SMILES string of the molecule is O=C(Nc1ccc([N+](=O)[O-])cc1)C(=O)Nc1ccc([N+](=O)[O-])cc1. The molecule has 0 heterocycles. The van der Waals surface area contributed by atoms with Crippen LogP contribution in [0.15, 0.2) is 48.5 Å². The molecule has 0 aromatic heterocycles. The summed E-state index contributed by atoms with van der Waals surface area (Å²) in [4.78, 5) is 43.4. The first-order chi connectivity index (χ1) is 11.4. The maximum Gasteiger partial charge on any atom is 0.314 e. The number of hydrogen-bond donors (Lipinski definition) is 2. The van der Waals surface area contributed by atoms with Crippen LogP contribution in [-0.2, 0) is 9.59 Å². The highest BCUT2D eigenvalue weighted by Gasteiger charge is 2.15. The van der Waals surface area contributed by atoms with E-state index >= 15 is 0 Å². The van der Waals surface area contributed by atoms with E-state index in [-0.39, 0.29) is 22.7 Å². The van der Waals surface area contributed by atoms with Gasteiger partial charge in [0.2, 0.25) is 0 Å². The molecule has 2 aromatic rings. The number of anilines is 2. The number of hydrogen-bond acceptors (Lipinski definition) is 6. The minimum Gasteiger partial charge on any atom is -0.318 e. The fraction of sp³-hybridized carbons (Fsp3) is 0. The Morgan fingerprint density at radius 1 is 0.667 bits per heavy atom. The lowest BCUT2D eigenvalue weighted by Gasteiger charge is -2.06. The number of nitro groups is 2. The molecule has 24 heavy (non-hydrogen) atoms. The number of nitro benzene ring substituents is 2. The highest BCUT2D eigenvalue weighted by atomic mass is 16.6. The summed E-state index contributed by atoms with van der Waals surface area (Å²) in [5.41, 5.74) is 0.126. The van der Waals surface area contributed by atoms with Crippen molar-refractivity contribution in [1.82, 2.24) is 0 Å². The molecule has 122 valence electrons. The molecule has 0 radical (unpaired) electrons. The van der Waals surface area contributed by atoms with E-state index in [1.165, 1.54) is 48.5 Å². The molecule has 2 N–H and O–H groups in total. The van der Waals surface area contributed by atoms with Gasteiger partial charge >= 0.3 is 11.8 Å². The zero-order valence-electron chi connectivity index (χ0n) is 12.0. The van der Waals surface area contributed by atoms with Crippen LogP contribution in [0.2, 0.25) is 0 Å². The number of rotatable bonds is 4. The Kier molecular flexibility index (Phi) is 4.80. The first-order valence-corrected chi connectivity index (χ1v) is 6.48. The second kappa shape index (κ2) is 6.96. The molecule has 2 amide bonds. The maximum atomic E-state index is 11.7. The first-order valence-electron chi connectivity index (χ1n) is 6.48. The van der Waals surface area contributed by atoms with Crippen LogP contribution in [0, 0.1) is 20.2 Å². The van der Waals surface area contributed by atoms with Gasteiger partial charge in [-0.2, -0.15) is 0 Å². The Hall–Kier alpha value is -3.82. The first kappa shape index (κ1) is 16.5. The standard InChI is InChI=1S/C14H10N4O6/c19-13(15-9-1-5-11(6-2-9)17(21)22)14(20)16-10-3-7-12(8-4-10)18(23)24/h1-8H,(H,15,19)(H,16,20). The molecule has 10 nitrogen and oxygen atoms in total. The molecule has 0 atom stereocenters. The molecule has 0 aliphatic carbocycles. The van der Waals surface area contributed by atoms with E-state index in [9.17, 15) is 29.8 Å². The predicted molar refractivity (Wildman–Crippen MR) is 83.5 cm³/mol. The van der Waals surface area contributed by atoms with Crippen molar-refractivity contribution in [2.45, 2.75) is 0 Å². The van der Waals surface area contributed by atoms with E-state index in [4.69, 9.17) is 0 Å². The normalized spacial score (nSPS) is 9.83. The van der Waals surface area contributed by atoms with Gasteiger partial charge in [-0.1, -0.05) is 0 Å². The van der Waals surface area contributed by atoms with Gasteiger partial charge in [0.05, 0.1) is 9.85 Å². The number of amides is 2. The average molecular weight is 330 g/mol. The second-order valence-corrected chi connectivity index (χ2v) is 4.52. The van der Waals surface area contributed by atoms with E-state index in [1.807, 2.05) is 0 Å². The zero-order valence-corrected chi connectivity index (χ0v) is 12.0. The van der Waals surface area contributed by atoms with Crippen molar-refractivity contribution in [3.05, 3.63) is 68.8 Å². The lowest BCUT2D eigenvalue weighted by molar-refractivity contribution is -0.385. The van der Waals surface area contributed by atoms with Crippen molar-refractivity contribution in [3.63, 3.8) is 0 Å². The van der Waals surface area contributed by atoms with Crippen LogP contribution in [0.4, 0.5) is 22.7 Å². The summed E-state index contributed by atoms with van der Waals surface area (Å²) in [5.74, 6) is -1.97. The van der Waals surface area contributed by atoms with Gasteiger partial charge in [-0.25, -0.2) is 0 Å². The Labute approximate surface area is 134 Å². The third kappa shape index (κ3) is 4.10. The van der Waals surface area contributed by atoms with Crippen LogP contribution in [0.25, 0.3) is 0 Å². The van der Waals surface area contributed by atoms with Crippen molar-refractivity contribution in [2.24, 2.45) is 0 Å². The van der Waals surface area contributed by atoms with Crippen molar-refractivity contribution in [2.75, 3.05) is 10.6 Å². The van der Waals surface area contributed by atoms with Gasteiger partial charge < -0.3 is 10.6 Å². The number of carbonyl (C=O) groups excluding carboxylic acids is 2. The van der Waals surface area contributed by atoms with E-state index < -0.39 is 21.7 Å².